The number of carbonyl (C=O) groups excluding carboxylic acids is 3. The first-order chi connectivity index (χ1) is 20.0. The quantitative estimate of drug-likeness (QED) is 0.253. The zero-order valence-electron chi connectivity index (χ0n) is 25.2. The lowest BCUT2D eigenvalue weighted by Gasteiger charge is -2.37. The number of nitrogens with one attached hydrogen (secondary N) is 3. The van der Waals surface area contributed by atoms with E-state index >= 15 is 0 Å². The molecule has 0 bridgehead atoms. The fraction of sp³-hybridized carbons (Fsp3) is 0.469. The van der Waals surface area contributed by atoms with Gasteiger partial charge in [0, 0.05) is 52.9 Å². The fourth-order valence-corrected chi connectivity index (χ4v) is 6.28. The zero-order chi connectivity index (χ0) is 30.6. The van der Waals surface area contributed by atoms with Crippen LogP contribution in [0.2, 0.25) is 0 Å². The first-order valence-corrected chi connectivity index (χ1v) is 14.4. The summed E-state index contributed by atoms with van der Waals surface area (Å²) in [5.41, 5.74) is 4.07. The standard InChI is InChI=1S/C32H41N7O3/c1-35-31(34)32(14-15-36-20-28(40)39-16-6-7-25(39)19-33)26-12-10-23(29(41)37(2)3)17-21(26)8-9-22-18-24(11-13-27(22)32)30(42)38(4)5/h10-13,17-18,25,36H,6-9,14-16,20H2,1-5H3,(H2,34,35)/t25-/m0/s1. The largest absolute Gasteiger partial charge is 0.376 e. The third-order valence-electron chi connectivity index (χ3n) is 8.45. The Hall–Kier alpha value is -4.23. The van der Waals surface area contributed by atoms with Crippen molar-refractivity contribution in [3.05, 3.63) is 69.8 Å². The van der Waals surface area contributed by atoms with Crippen LogP contribution in [0.15, 0.2) is 36.4 Å². The molecule has 2 aromatic carbocycles. The molecule has 10 heteroatoms. The number of nitrogens with zero attached hydrogens (tertiary/aromatic N) is 4. The van der Waals surface area contributed by atoms with Gasteiger partial charge in [-0.1, -0.05) is 12.1 Å². The summed E-state index contributed by atoms with van der Waals surface area (Å²) in [6.07, 6.45) is 3.28. The van der Waals surface area contributed by atoms with Crippen LogP contribution in [0.25, 0.3) is 0 Å². The second-order valence-corrected chi connectivity index (χ2v) is 11.5. The monoisotopic (exact) mass is 571 g/mol. The van der Waals surface area contributed by atoms with Crippen LogP contribution in [0.3, 0.4) is 0 Å². The van der Waals surface area contributed by atoms with E-state index < -0.39 is 5.41 Å². The van der Waals surface area contributed by atoms with Crippen LogP contribution in [0.5, 0.6) is 0 Å². The highest BCUT2D eigenvalue weighted by molar-refractivity contribution is 5.98. The minimum atomic E-state index is -0.909. The van der Waals surface area contributed by atoms with Gasteiger partial charge in [0.25, 0.3) is 11.8 Å². The average Bonchev–Trinajstić information content (AvgIpc) is 3.43. The van der Waals surface area contributed by atoms with E-state index in [1.54, 1.807) is 49.9 Å². The van der Waals surface area contributed by atoms with E-state index in [4.69, 9.17) is 0 Å². The van der Waals surface area contributed by atoms with Crippen molar-refractivity contribution in [1.82, 2.24) is 25.3 Å². The van der Waals surface area contributed by atoms with Crippen molar-refractivity contribution >= 4 is 23.6 Å². The van der Waals surface area contributed by atoms with Gasteiger partial charge in [-0.3, -0.25) is 19.8 Å². The average molecular weight is 572 g/mol. The topological polar surface area (TPSA) is 133 Å². The van der Waals surface area contributed by atoms with Gasteiger partial charge in [0.1, 0.15) is 11.9 Å². The van der Waals surface area contributed by atoms with Gasteiger partial charge in [0.05, 0.1) is 18.0 Å². The molecule has 2 aromatic rings. The Kier molecular flexibility index (Phi) is 9.32. The molecular weight excluding hydrogens is 530 g/mol. The minimum absolute atomic E-state index is 0.0921. The number of fused-ring (bicyclic) bond motifs is 2. The van der Waals surface area contributed by atoms with Crippen molar-refractivity contribution in [2.45, 2.75) is 43.6 Å². The number of likely N-dealkylation sites (tertiary alicyclic amines) is 1. The molecule has 10 nitrogen and oxygen atoms in total. The minimum Gasteiger partial charge on any atom is -0.376 e. The molecule has 4 rings (SSSR count). The highest BCUT2D eigenvalue weighted by atomic mass is 16.2. The van der Waals surface area contributed by atoms with E-state index in [0.29, 0.717) is 55.7 Å². The second-order valence-electron chi connectivity index (χ2n) is 11.5. The summed E-state index contributed by atoms with van der Waals surface area (Å²) in [6.45, 7) is 1.12. The third-order valence-corrected chi connectivity index (χ3v) is 8.45. The number of amidine groups is 1. The number of rotatable bonds is 8. The van der Waals surface area contributed by atoms with Crippen molar-refractivity contribution in [1.29, 1.82) is 10.7 Å². The summed E-state index contributed by atoms with van der Waals surface area (Å²) in [7, 11) is 8.63. The predicted molar refractivity (Wildman–Crippen MR) is 162 cm³/mol. The number of amides is 3. The van der Waals surface area contributed by atoms with Crippen LogP contribution in [0, 0.1) is 16.7 Å². The van der Waals surface area contributed by atoms with E-state index in [1.165, 1.54) is 0 Å². The SMILES string of the molecule is CNC(=N)C1(CCNCC(=O)N2CCC[C@H]2C#N)c2ccc(C(=O)N(C)C)cc2CCc2cc(C(=O)N(C)C)ccc21. The molecule has 1 fully saturated rings. The van der Waals surface area contributed by atoms with Gasteiger partial charge >= 0.3 is 0 Å². The summed E-state index contributed by atoms with van der Waals surface area (Å²) in [4.78, 5) is 43.3. The van der Waals surface area contributed by atoms with E-state index in [0.717, 1.165) is 28.7 Å². The van der Waals surface area contributed by atoms with Crippen molar-refractivity contribution in [2.75, 3.05) is 54.9 Å². The molecule has 3 amide bonds. The van der Waals surface area contributed by atoms with Gasteiger partial charge in [-0.25, -0.2) is 0 Å². The summed E-state index contributed by atoms with van der Waals surface area (Å²) in [5, 5.41) is 25.0. The van der Waals surface area contributed by atoms with E-state index in [-0.39, 0.29) is 30.3 Å². The molecule has 0 aromatic heterocycles. The second kappa shape index (κ2) is 12.7. The molecular formula is C32H41N7O3. The smallest absolute Gasteiger partial charge is 0.253 e. The first kappa shape index (κ1) is 30.7. The normalized spacial score (nSPS) is 16.9. The van der Waals surface area contributed by atoms with E-state index in [9.17, 15) is 25.1 Å². The number of hydrogen-bond donors (Lipinski definition) is 3. The Bertz CT molecular complexity index is 1350. The first-order valence-electron chi connectivity index (χ1n) is 14.4. The van der Waals surface area contributed by atoms with Gasteiger partial charge in [0.15, 0.2) is 0 Å². The highest BCUT2D eigenvalue weighted by Crippen LogP contribution is 2.43. The van der Waals surface area contributed by atoms with Crippen LogP contribution < -0.4 is 10.6 Å². The van der Waals surface area contributed by atoms with Gasteiger partial charge in [-0.15, -0.1) is 0 Å². The Labute approximate surface area is 248 Å². The Morgan fingerprint density at radius 1 is 1.00 bits per heavy atom. The van der Waals surface area contributed by atoms with Gasteiger partial charge in [0.2, 0.25) is 5.91 Å². The highest BCUT2D eigenvalue weighted by Gasteiger charge is 2.43. The van der Waals surface area contributed by atoms with Crippen LogP contribution in [-0.2, 0) is 23.1 Å². The number of nitriles is 1. The van der Waals surface area contributed by atoms with Crippen LogP contribution in [0.1, 0.15) is 62.2 Å². The van der Waals surface area contributed by atoms with Crippen LogP contribution >= 0.6 is 0 Å². The molecule has 1 atom stereocenters. The molecule has 1 aliphatic heterocycles. The van der Waals surface area contributed by atoms with Crippen molar-refractivity contribution in [3.8, 4) is 6.07 Å². The molecule has 0 spiro atoms. The van der Waals surface area contributed by atoms with Crippen LogP contribution in [0.4, 0.5) is 0 Å². The Morgan fingerprint density at radius 2 is 1.55 bits per heavy atom. The lowest BCUT2D eigenvalue weighted by molar-refractivity contribution is -0.130. The van der Waals surface area contributed by atoms with E-state index in [1.807, 2.05) is 36.4 Å². The maximum absolute atomic E-state index is 12.9. The predicted octanol–water partition coefficient (Wildman–Crippen LogP) is 2.17. The maximum atomic E-state index is 12.9. The van der Waals surface area contributed by atoms with Crippen molar-refractivity contribution < 1.29 is 14.4 Å². The summed E-state index contributed by atoms with van der Waals surface area (Å²) < 4.78 is 0. The molecule has 1 saturated heterocycles. The molecule has 1 heterocycles. The fourth-order valence-electron chi connectivity index (χ4n) is 6.28. The number of benzene rings is 2. The van der Waals surface area contributed by atoms with Gasteiger partial charge < -0.3 is 25.3 Å². The molecule has 42 heavy (non-hydrogen) atoms. The number of carbonyl (C=O) groups is 3. The number of aryl methyl sites for hydroxylation is 2. The van der Waals surface area contributed by atoms with E-state index in [2.05, 4.69) is 16.7 Å². The Balaban J connectivity index is 1.75. The molecule has 1 aliphatic carbocycles. The summed E-state index contributed by atoms with van der Waals surface area (Å²) >= 11 is 0. The molecule has 0 unspecified atom stereocenters. The summed E-state index contributed by atoms with van der Waals surface area (Å²) in [5.74, 6) is 0.00981. The zero-order valence-corrected chi connectivity index (χ0v) is 25.2. The Morgan fingerprint density at radius 3 is 2.02 bits per heavy atom. The lowest BCUT2D eigenvalue weighted by atomic mass is 9.68. The lowest BCUT2D eigenvalue weighted by Crippen LogP contribution is -2.47. The molecule has 0 saturated carbocycles. The summed E-state index contributed by atoms with van der Waals surface area (Å²) in [6, 6.07) is 13.3. The molecule has 222 valence electrons. The maximum Gasteiger partial charge on any atom is 0.253 e. The number of hydrogen-bond acceptors (Lipinski definition) is 6. The van der Waals surface area contributed by atoms with Crippen molar-refractivity contribution in [3.63, 3.8) is 0 Å². The van der Waals surface area contributed by atoms with Crippen molar-refractivity contribution in [2.24, 2.45) is 0 Å². The molecule has 0 radical (unpaired) electrons. The van der Waals surface area contributed by atoms with Gasteiger partial charge in [-0.2, -0.15) is 5.26 Å². The van der Waals surface area contributed by atoms with Gasteiger partial charge in [-0.05, 0) is 85.2 Å². The number of likely N-dealkylation sites (N-methyl/N-ethyl adjacent to an activating group) is 1. The molecule has 3 N–H and O–H groups in total. The molecule has 2 aliphatic rings. The third kappa shape index (κ3) is 5.74. The van der Waals surface area contributed by atoms with Crippen LogP contribution in [-0.4, -0.2) is 99.2 Å².